The number of aromatic nitrogens is 1. The van der Waals surface area contributed by atoms with E-state index in [2.05, 4.69) is 34.3 Å². The van der Waals surface area contributed by atoms with E-state index in [1.165, 1.54) is 20.5 Å². The zero-order valence-electron chi connectivity index (χ0n) is 20.7. The number of likely N-dealkylation sites (N-methyl/N-ethyl adjacent to an activating group) is 1. The minimum Gasteiger partial charge on any atom is -0.379 e. The van der Waals surface area contributed by atoms with E-state index in [4.69, 9.17) is 4.74 Å². The van der Waals surface area contributed by atoms with E-state index >= 15 is 0 Å². The third kappa shape index (κ3) is 5.43. The van der Waals surface area contributed by atoms with Crippen LogP contribution in [0, 0.1) is 6.92 Å². The summed E-state index contributed by atoms with van der Waals surface area (Å²) < 4.78 is 6.64. The van der Waals surface area contributed by atoms with Crippen LogP contribution in [0.2, 0.25) is 0 Å². The molecule has 1 aromatic carbocycles. The van der Waals surface area contributed by atoms with Crippen molar-refractivity contribution < 1.29 is 14.3 Å². The Kier molecular flexibility index (Phi) is 7.31. The molecule has 0 bridgehead atoms. The van der Waals surface area contributed by atoms with Gasteiger partial charge in [-0.15, -0.1) is 11.3 Å². The van der Waals surface area contributed by atoms with Gasteiger partial charge in [-0.05, 0) is 41.6 Å². The number of thiophene rings is 1. The predicted octanol–water partition coefficient (Wildman–Crippen LogP) is 3.96. The van der Waals surface area contributed by atoms with Crippen LogP contribution in [-0.2, 0) is 22.6 Å². The van der Waals surface area contributed by atoms with Crippen LogP contribution >= 0.6 is 11.3 Å². The SMILES string of the molecule is Cc1c(CN(C)C(=O)/C=C/c2cnc3c(c2)CN(CCN2CCOCC2)C(=O)N3)sc2ccccc12. The fraction of sp³-hybridized carbons (Fsp3) is 0.370. The minimum atomic E-state index is -0.125. The topological polar surface area (TPSA) is 78.0 Å². The Morgan fingerprint density at radius 1 is 1.25 bits per heavy atom. The van der Waals surface area contributed by atoms with Gasteiger partial charge in [0.2, 0.25) is 5.91 Å². The lowest BCUT2D eigenvalue weighted by molar-refractivity contribution is -0.125. The van der Waals surface area contributed by atoms with Crippen molar-refractivity contribution in [2.45, 2.75) is 20.0 Å². The predicted molar refractivity (Wildman–Crippen MR) is 143 cm³/mol. The summed E-state index contributed by atoms with van der Waals surface area (Å²) in [7, 11) is 1.82. The largest absolute Gasteiger partial charge is 0.379 e. The molecule has 1 fully saturated rings. The van der Waals surface area contributed by atoms with Crippen molar-refractivity contribution in [2.75, 3.05) is 51.8 Å². The highest BCUT2D eigenvalue weighted by Crippen LogP contribution is 2.31. The summed E-state index contributed by atoms with van der Waals surface area (Å²) in [5, 5.41) is 4.14. The Labute approximate surface area is 215 Å². The molecule has 5 rings (SSSR count). The maximum Gasteiger partial charge on any atom is 0.323 e. The summed E-state index contributed by atoms with van der Waals surface area (Å²) in [5.74, 6) is 0.522. The zero-order chi connectivity index (χ0) is 25.1. The second-order valence-corrected chi connectivity index (χ2v) is 10.4. The van der Waals surface area contributed by atoms with Gasteiger partial charge in [0, 0.05) is 60.6 Å². The van der Waals surface area contributed by atoms with Crippen LogP contribution in [0.4, 0.5) is 10.6 Å². The van der Waals surface area contributed by atoms with Gasteiger partial charge in [-0.25, -0.2) is 9.78 Å². The number of urea groups is 1. The second-order valence-electron chi connectivity index (χ2n) is 9.26. The molecule has 4 heterocycles. The molecule has 2 aromatic heterocycles. The number of amides is 3. The number of hydrogen-bond acceptors (Lipinski definition) is 6. The van der Waals surface area contributed by atoms with Crippen LogP contribution in [0.15, 0.2) is 42.6 Å². The summed E-state index contributed by atoms with van der Waals surface area (Å²) in [4.78, 5) is 36.8. The molecule has 9 heteroatoms. The Bertz CT molecular complexity index is 1300. The lowest BCUT2D eigenvalue weighted by Crippen LogP contribution is -2.45. The number of anilines is 1. The number of morpholine rings is 1. The molecular weight excluding hydrogens is 474 g/mol. The number of ether oxygens (including phenoxy) is 1. The molecule has 1 N–H and O–H groups in total. The van der Waals surface area contributed by atoms with Crippen molar-refractivity contribution in [1.29, 1.82) is 0 Å². The van der Waals surface area contributed by atoms with Gasteiger partial charge in [0.25, 0.3) is 0 Å². The number of carbonyl (C=O) groups excluding carboxylic acids is 2. The lowest BCUT2D eigenvalue weighted by Gasteiger charge is -2.32. The average Bonchev–Trinajstić information content (AvgIpc) is 3.21. The maximum absolute atomic E-state index is 12.8. The fourth-order valence-electron chi connectivity index (χ4n) is 4.54. The molecule has 0 saturated carbocycles. The van der Waals surface area contributed by atoms with E-state index in [0.717, 1.165) is 44.0 Å². The van der Waals surface area contributed by atoms with Gasteiger partial charge in [0.05, 0.1) is 26.3 Å². The van der Waals surface area contributed by atoms with Gasteiger partial charge in [0.15, 0.2) is 0 Å². The first kappa shape index (κ1) is 24.4. The molecule has 1 saturated heterocycles. The molecule has 0 atom stereocenters. The molecule has 188 valence electrons. The Hall–Kier alpha value is -3.27. The molecule has 8 nitrogen and oxygen atoms in total. The standard InChI is InChI=1S/C27H31N5O3S/c1-19-22-5-3-4-6-23(22)36-24(19)18-30(2)25(33)8-7-20-15-21-17-32(27(34)29-26(21)28-16-20)10-9-31-11-13-35-14-12-31/h3-8,15-16H,9-14,17-18H2,1-2H3,(H,28,29,34)/b8-7+. The molecule has 0 radical (unpaired) electrons. The summed E-state index contributed by atoms with van der Waals surface area (Å²) in [6, 6.07) is 10.2. The Morgan fingerprint density at radius 2 is 2.06 bits per heavy atom. The van der Waals surface area contributed by atoms with Crippen LogP contribution in [0.3, 0.4) is 0 Å². The van der Waals surface area contributed by atoms with Gasteiger partial charge in [-0.2, -0.15) is 0 Å². The molecule has 2 aliphatic rings. The Morgan fingerprint density at radius 3 is 2.86 bits per heavy atom. The van der Waals surface area contributed by atoms with Crippen LogP contribution in [0.25, 0.3) is 16.2 Å². The number of aryl methyl sites for hydroxylation is 1. The first-order chi connectivity index (χ1) is 17.5. The van der Waals surface area contributed by atoms with Crippen molar-refractivity contribution >= 4 is 45.3 Å². The summed E-state index contributed by atoms with van der Waals surface area (Å²) in [6.07, 6.45) is 5.06. The normalized spacial score (nSPS) is 16.4. The third-order valence-corrected chi connectivity index (χ3v) is 8.03. The van der Waals surface area contributed by atoms with Crippen molar-refractivity contribution in [3.63, 3.8) is 0 Å². The number of hydrogen-bond donors (Lipinski definition) is 1. The third-order valence-electron chi connectivity index (χ3n) is 6.77. The number of carbonyl (C=O) groups is 2. The van der Waals surface area contributed by atoms with E-state index in [1.807, 2.05) is 25.2 Å². The first-order valence-corrected chi connectivity index (χ1v) is 13.0. The maximum atomic E-state index is 12.8. The average molecular weight is 506 g/mol. The van der Waals surface area contributed by atoms with E-state index in [1.54, 1.807) is 39.5 Å². The highest BCUT2D eigenvalue weighted by Gasteiger charge is 2.24. The monoisotopic (exact) mass is 505 g/mol. The summed E-state index contributed by atoms with van der Waals surface area (Å²) in [5.41, 5.74) is 3.01. The summed E-state index contributed by atoms with van der Waals surface area (Å²) in [6.45, 7) is 7.93. The van der Waals surface area contributed by atoms with E-state index < -0.39 is 0 Å². The highest BCUT2D eigenvalue weighted by atomic mass is 32.1. The molecule has 3 amide bonds. The van der Waals surface area contributed by atoms with Gasteiger partial charge < -0.3 is 14.5 Å². The van der Waals surface area contributed by atoms with Crippen LogP contribution in [-0.4, -0.2) is 78.1 Å². The van der Waals surface area contributed by atoms with Crippen molar-refractivity contribution in [2.24, 2.45) is 0 Å². The number of nitrogens with one attached hydrogen (secondary N) is 1. The number of benzene rings is 1. The number of nitrogens with zero attached hydrogens (tertiary/aromatic N) is 4. The van der Waals surface area contributed by atoms with E-state index in [-0.39, 0.29) is 11.9 Å². The van der Waals surface area contributed by atoms with Crippen molar-refractivity contribution in [3.05, 3.63) is 64.2 Å². The highest BCUT2D eigenvalue weighted by molar-refractivity contribution is 7.19. The molecule has 3 aromatic rings. The molecule has 36 heavy (non-hydrogen) atoms. The molecule has 2 aliphatic heterocycles. The fourth-order valence-corrected chi connectivity index (χ4v) is 5.81. The van der Waals surface area contributed by atoms with Crippen molar-refractivity contribution in [1.82, 2.24) is 19.7 Å². The van der Waals surface area contributed by atoms with Gasteiger partial charge in [-0.3, -0.25) is 15.0 Å². The number of pyridine rings is 1. The molecule has 0 spiro atoms. The number of rotatable bonds is 7. The number of fused-ring (bicyclic) bond motifs is 2. The molecule has 0 aliphatic carbocycles. The minimum absolute atomic E-state index is 0.0648. The van der Waals surface area contributed by atoms with Gasteiger partial charge in [0.1, 0.15) is 5.82 Å². The van der Waals surface area contributed by atoms with E-state index in [0.29, 0.717) is 25.5 Å². The Balaban J connectivity index is 1.21. The van der Waals surface area contributed by atoms with Crippen LogP contribution in [0.1, 0.15) is 21.6 Å². The van der Waals surface area contributed by atoms with Gasteiger partial charge >= 0.3 is 6.03 Å². The first-order valence-electron chi connectivity index (χ1n) is 12.2. The lowest BCUT2D eigenvalue weighted by atomic mass is 10.1. The quantitative estimate of drug-likeness (QED) is 0.492. The molecule has 0 unspecified atom stereocenters. The smallest absolute Gasteiger partial charge is 0.323 e. The zero-order valence-corrected chi connectivity index (χ0v) is 21.5. The van der Waals surface area contributed by atoms with Crippen molar-refractivity contribution in [3.8, 4) is 0 Å². The summed E-state index contributed by atoms with van der Waals surface area (Å²) >= 11 is 1.74. The van der Waals surface area contributed by atoms with Gasteiger partial charge in [-0.1, -0.05) is 18.2 Å². The van der Waals surface area contributed by atoms with E-state index in [9.17, 15) is 9.59 Å². The van der Waals surface area contributed by atoms with Crippen LogP contribution < -0.4 is 5.32 Å². The molecular formula is C27H31N5O3S. The van der Waals surface area contributed by atoms with Crippen LogP contribution in [0.5, 0.6) is 0 Å². The second kappa shape index (κ2) is 10.8.